The number of methoxy groups -OCH3 is 1. The van der Waals surface area contributed by atoms with Gasteiger partial charge in [-0.25, -0.2) is 0 Å². The number of carbonyl (C=O) groups excluding carboxylic acids is 2. The summed E-state index contributed by atoms with van der Waals surface area (Å²) < 4.78 is 4.84. The number of hydrogen-bond acceptors (Lipinski definition) is 3. The van der Waals surface area contributed by atoms with Crippen molar-refractivity contribution >= 4 is 11.8 Å². The van der Waals surface area contributed by atoms with Crippen molar-refractivity contribution in [1.29, 1.82) is 0 Å². The minimum absolute atomic E-state index is 0.00578. The molecule has 0 spiro atoms. The number of rotatable bonds is 7. The van der Waals surface area contributed by atoms with Gasteiger partial charge < -0.3 is 15.4 Å². The Bertz CT molecular complexity index is 281. The van der Waals surface area contributed by atoms with E-state index in [2.05, 4.69) is 10.6 Å². The first-order chi connectivity index (χ1) is 8.10. The van der Waals surface area contributed by atoms with Crippen molar-refractivity contribution in [2.24, 2.45) is 11.8 Å². The molecule has 17 heavy (non-hydrogen) atoms. The van der Waals surface area contributed by atoms with Crippen molar-refractivity contribution in [3.63, 3.8) is 0 Å². The van der Waals surface area contributed by atoms with Crippen LogP contribution in [0.25, 0.3) is 0 Å². The van der Waals surface area contributed by atoms with Gasteiger partial charge in [-0.1, -0.05) is 6.92 Å². The first-order valence-corrected chi connectivity index (χ1v) is 6.17. The van der Waals surface area contributed by atoms with Crippen molar-refractivity contribution < 1.29 is 14.3 Å². The van der Waals surface area contributed by atoms with Crippen molar-refractivity contribution in [1.82, 2.24) is 10.6 Å². The molecule has 98 valence electrons. The van der Waals surface area contributed by atoms with Gasteiger partial charge in [-0.3, -0.25) is 9.59 Å². The highest BCUT2D eigenvalue weighted by Crippen LogP contribution is 2.38. The first kappa shape index (κ1) is 14.0. The van der Waals surface area contributed by atoms with Gasteiger partial charge in [-0.05, 0) is 19.8 Å². The van der Waals surface area contributed by atoms with Crippen LogP contribution in [0.5, 0.6) is 0 Å². The summed E-state index contributed by atoms with van der Waals surface area (Å²) in [6.45, 7) is 4.99. The zero-order valence-corrected chi connectivity index (χ0v) is 10.8. The molecule has 3 atom stereocenters. The molecule has 0 bridgehead atoms. The summed E-state index contributed by atoms with van der Waals surface area (Å²) in [5.41, 5.74) is 0. The molecule has 0 aromatic carbocycles. The van der Waals surface area contributed by atoms with Crippen LogP contribution >= 0.6 is 0 Å². The average Bonchev–Trinajstić information content (AvgIpc) is 3.09. The van der Waals surface area contributed by atoms with Crippen LogP contribution in [0, 0.1) is 11.8 Å². The van der Waals surface area contributed by atoms with Gasteiger partial charge in [-0.2, -0.15) is 0 Å². The summed E-state index contributed by atoms with van der Waals surface area (Å²) in [5.74, 6) is -0.306. The van der Waals surface area contributed by atoms with Crippen molar-refractivity contribution in [3.8, 4) is 0 Å². The predicted octanol–water partition coefficient (Wildman–Crippen LogP) is 0.300. The summed E-state index contributed by atoms with van der Waals surface area (Å²) in [7, 11) is 1.59. The van der Waals surface area contributed by atoms with E-state index >= 15 is 0 Å². The third-order valence-corrected chi connectivity index (χ3v) is 3.07. The Labute approximate surface area is 102 Å². The zero-order chi connectivity index (χ0) is 12.8. The number of amides is 2. The fraction of sp³-hybridized carbons (Fsp3) is 0.833. The fourth-order valence-electron chi connectivity index (χ4n) is 1.63. The summed E-state index contributed by atoms with van der Waals surface area (Å²) in [6, 6.07) is 0.181. The van der Waals surface area contributed by atoms with Gasteiger partial charge >= 0.3 is 0 Å². The Hall–Kier alpha value is -1.10. The molecule has 3 unspecified atom stereocenters. The summed E-state index contributed by atoms with van der Waals surface area (Å²) in [4.78, 5) is 23.3. The maximum atomic E-state index is 11.7. The number of carbonyl (C=O) groups is 2. The molecule has 0 heterocycles. The number of nitrogens with one attached hydrogen (secondary N) is 2. The zero-order valence-electron chi connectivity index (χ0n) is 10.8. The highest BCUT2D eigenvalue weighted by Gasteiger charge is 2.47. The van der Waals surface area contributed by atoms with Gasteiger partial charge in [0.05, 0.1) is 18.4 Å². The van der Waals surface area contributed by atoms with Crippen LogP contribution in [0.4, 0.5) is 0 Å². The summed E-state index contributed by atoms with van der Waals surface area (Å²) in [6.07, 6.45) is 1.57. The standard InChI is InChI=1S/C12H22N2O3/c1-4-8(2)14-12(16)10-7-9(10)11(15)13-5-6-17-3/h8-10H,4-7H2,1-3H3,(H,13,15)(H,14,16). The molecule has 0 saturated heterocycles. The summed E-state index contributed by atoms with van der Waals surface area (Å²) in [5, 5.41) is 5.65. The molecule has 1 saturated carbocycles. The lowest BCUT2D eigenvalue weighted by atomic mass is 10.2. The smallest absolute Gasteiger partial charge is 0.224 e. The van der Waals surface area contributed by atoms with E-state index < -0.39 is 0 Å². The van der Waals surface area contributed by atoms with Gasteiger partial charge in [0.1, 0.15) is 0 Å². The van der Waals surface area contributed by atoms with E-state index in [1.54, 1.807) is 7.11 Å². The average molecular weight is 242 g/mol. The lowest BCUT2D eigenvalue weighted by molar-refractivity contribution is -0.127. The van der Waals surface area contributed by atoms with E-state index in [1.807, 2.05) is 13.8 Å². The Morgan fingerprint density at radius 3 is 2.59 bits per heavy atom. The topological polar surface area (TPSA) is 67.4 Å². The van der Waals surface area contributed by atoms with Crippen molar-refractivity contribution in [2.45, 2.75) is 32.7 Å². The van der Waals surface area contributed by atoms with Gasteiger partial charge in [0.25, 0.3) is 0 Å². The quantitative estimate of drug-likeness (QED) is 0.631. The van der Waals surface area contributed by atoms with Crippen LogP contribution in [0.1, 0.15) is 26.7 Å². The molecule has 2 N–H and O–H groups in total. The molecule has 1 aliphatic carbocycles. The van der Waals surface area contributed by atoms with Crippen LogP contribution in [0.2, 0.25) is 0 Å². The molecule has 0 aromatic heterocycles. The van der Waals surface area contributed by atoms with E-state index in [1.165, 1.54) is 0 Å². The van der Waals surface area contributed by atoms with Crippen LogP contribution in [-0.4, -0.2) is 38.1 Å². The second kappa shape index (κ2) is 6.59. The maximum absolute atomic E-state index is 11.7. The predicted molar refractivity (Wildman–Crippen MR) is 64.4 cm³/mol. The third kappa shape index (κ3) is 4.34. The van der Waals surface area contributed by atoms with Crippen LogP contribution in [0.3, 0.4) is 0 Å². The molecule has 0 radical (unpaired) electrons. The Morgan fingerprint density at radius 2 is 2.00 bits per heavy atom. The second-order valence-corrected chi connectivity index (χ2v) is 4.55. The minimum Gasteiger partial charge on any atom is -0.383 e. The Morgan fingerprint density at radius 1 is 1.35 bits per heavy atom. The van der Waals surface area contributed by atoms with E-state index in [0.29, 0.717) is 19.6 Å². The number of ether oxygens (including phenoxy) is 1. The van der Waals surface area contributed by atoms with Crippen LogP contribution < -0.4 is 10.6 Å². The highest BCUT2D eigenvalue weighted by molar-refractivity contribution is 5.92. The second-order valence-electron chi connectivity index (χ2n) is 4.55. The van der Waals surface area contributed by atoms with Crippen molar-refractivity contribution in [2.75, 3.05) is 20.3 Å². The molecule has 5 nitrogen and oxygen atoms in total. The van der Waals surface area contributed by atoms with E-state index in [-0.39, 0.29) is 29.7 Å². The van der Waals surface area contributed by atoms with E-state index in [9.17, 15) is 9.59 Å². The maximum Gasteiger partial charge on any atom is 0.224 e. The van der Waals surface area contributed by atoms with E-state index in [0.717, 1.165) is 6.42 Å². The Kier molecular flexibility index (Phi) is 5.41. The highest BCUT2D eigenvalue weighted by atomic mass is 16.5. The molecule has 1 rings (SSSR count). The van der Waals surface area contributed by atoms with Gasteiger partial charge in [-0.15, -0.1) is 0 Å². The van der Waals surface area contributed by atoms with Gasteiger partial charge in [0.2, 0.25) is 11.8 Å². The molecular weight excluding hydrogens is 220 g/mol. The molecule has 1 fully saturated rings. The molecule has 2 amide bonds. The minimum atomic E-state index is -0.143. The lowest BCUT2D eigenvalue weighted by Crippen LogP contribution is -2.35. The SMILES string of the molecule is CCC(C)NC(=O)C1CC1C(=O)NCCOC. The normalized spacial score (nSPS) is 23.9. The molecule has 0 aliphatic heterocycles. The third-order valence-electron chi connectivity index (χ3n) is 3.07. The van der Waals surface area contributed by atoms with Crippen molar-refractivity contribution in [3.05, 3.63) is 0 Å². The van der Waals surface area contributed by atoms with Gasteiger partial charge in [0.15, 0.2) is 0 Å². The van der Waals surface area contributed by atoms with Gasteiger partial charge in [0, 0.05) is 19.7 Å². The molecule has 5 heteroatoms. The molecule has 0 aromatic rings. The summed E-state index contributed by atoms with van der Waals surface area (Å²) >= 11 is 0. The number of hydrogen-bond donors (Lipinski definition) is 2. The molecule has 1 aliphatic rings. The first-order valence-electron chi connectivity index (χ1n) is 6.17. The Balaban J connectivity index is 2.23. The monoisotopic (exact) mass is 242 g/mol. The van der Waals surface area contributed by atoms with Crippen LogP contribution in [0.15, 0.2) is 0 Å². The van der Waals surface area contributed by atoms with E-state index in [4.69, 9.17) is 4.74 Å². The lowest BCUT2D eigenvalue weighted by Gasteiger charge is -2.11. The van der Waals surface area contributed by atoms with Crippen LogP contribution in [-0.2, 0) is 14.3 Å². The largest absolute Gasteiger partial charge is 0.383 e. The molecular formula is C12H22N2O3. The fourth-order valence-corrected chi connectivity index (χ4v) is 1.63.